The van der Waals surface area contributed by atoms with Crippen molar-refractivity contribution < 1.29 is 9.18 Å². The van der Waals surface area contributed by atoms with Gasteiger partial charge in [0.25, 0.3) is 0 Å². The molecule has 0 spiro atoms. The molecule has 1 fully saturated rings. The van der Waals surface area contributed by atoms with Gasteiger partial charge < -0.3 is 10.2 Å². The van der Waals surface area contributed by atoms with Crippen molar-refractivity contribution in [2.75, 3.05) is 26.2 Å². The third-order valence-corrected chi connectivity index (χ3v) is 3.99. The quantitative estimate of drug-likeness (QED) is 0.925. The van der Waals surface area contributed by atoms with Crippen molar-refractivity contribution in [2.24, 2.45) is 0 Å². The maximum Gasteiger partial charge on any atom is 0.317 e. The van der Waals surface area contributed by atoms with Crippen LogP contribution >= 0.6 is 0 Å². The van der Waals surface area contributed by atoms with Crippen molar-refractivity contribution in [3.63, 3.8) is 0 Å². The van der Waals surface area contributed by atoms with Crippen molar-refractivity contribution in [3.05, 3.63) is 35.6 Å². The molecule has 4 nitrogen and oxygen atoms in total. The Morgan fingerprint density at radius 3 is 2.57 bits per heavy atom. The number of rotatable bonds is 4. The second-order valence-electron chi connectivity index (χ2n) is 5.61. The number of carbonyl (C=O) groups is 1. The zero-order valence-electron chi connectivity index (χ0n) is 12.8. The summed E-state index contributed by atoms with van der Waals surface area (Å²) in [4.78, 5) is 16.0. The molecule has 0 aliphatic carbocycles. The highest BCUT2D eigenvalue weighted by molar-refractivity contribution is 5.74. The average molecular weight is 293 g/mol. The monoisotopic (exact) mass is 293 g/mol. The number of hydrogen-bond donors (Lipinski definition) is 1. The molecule has 1 atom stereocenters. The van der Waals surface area contributed by atoms with Crippen molar-refractivity contribution in [1.82, 2.24) is 15.1 Å². The molecule has 0 bridgehead atoms. The van der Waals surface area contributed by atoms with Gasteiger partial charge >= 0.3 is 6.03 Å². The van der Waals surface area contributed by atoms with E-state index in [1.54, 1.807) is 6.07 Å². The number of nitrogens with one attached hydrogen (secondary N) is 1. The van der Waals surface area contributed by atoms with Crippen LogP contribution in [0.15, 0.2) is 24.3 Å². The molecular formula is C16H24FN3O. The molecule has 116 valence electrons. The van der Waals surface area contributed by atoms with Gasteiger partial charge in [-0.05, 0) is 19.4 Å². The Hall–Kier alpha value is -1.62. The van der Waals surface area contributed by atoms with Crippen molar-refractivity contribution in [1.29, 1.82) is 0 Å². The first-order chi connectivity index (χ1) is 10.1. The highest BCUT2D eigenvalue weighted by Gasteiger charge is 2.22. The maximum absolute atomic E-state index is 13.6. The summed E-state index contributed by atoms with van der Waals surface area (Å²) in [5.74, 6) is -0.158. The molecule has 2 rings (SSSR count). The highest BCUT2D eigenvalue weighted by atomic mass is 19.1. The molecule has 1 aromatic carbocycles. The first-order valence-electron chi connectivity index (χ1n) is 7.61. The third-order valence-electron chi connectivity index (χ3n) is 3.99. The minimum Gasteiger partial charge on any atom is -0.336 e. The van der Waals surface area contributed by atoms with Crippen LogP contribution in [0.1, 0.15) is 25.8 Å². The molecular weight excluding hydrogens is 269 g/mol. The fourth-order valence-electron chi connectivity index (χ4n) is 2.38. The number of urea groups is 1. The van der Waals surface area contributed by atoms with Gasteiger partial charge in [-0.1, -0.05) is 25.1 Å². The lowest BCUT2D eigenvalue weighted by Crippen LogP contribution is -2.52. The van der Waals surface area contributed by atoms with E-state index in [9.17, 15) is 9.18 Å². The summed E-state index contributed by atoms with van der Waals surface area (Å²) in [7, 11) is 0. The lowest BCUT2D eigenvalue weighted by Gasteiger charge is -2.35. The Kier molecular flexibility index (Phi) is 5.56. The first-order valence-corrected chi connectivity index (χ1v) is 7.61. The van der Waals surface area contributed by atoms with Crippen LogP contribution < -0.4 is 5.32 Å². The molecule has 1 saturated heterocycles. The van der Waals surface area contributed by atoms with E-state index in [1.165, 1.54) is 6.07 Å². The molecule has 0 aromatic heterocycles. The van der Waals surface area contributed by atoms with Crippen LogP contribution in [-0.2, 0) is 6.54 Å². The SMILES string of the molecule is CCC(C)NC(=O)N1CCN(Cc2ccccc2F)CC1. The van der Waals surface area contributed by atoms with E-state index in [0.29, 0.717) is 19.6 Å². The van der Waals surface area contributed by atoms with E-state index >= 15 is 0 Å². The van der Waals surface area contributed by atoms with Gasteiger partial charge in [-0.2, -0.15) is 0 Å². The van der Waals surface area contributed by atoms with Crippen molar-refractivity contribution in [3.8, 4) is 0 Å². The molecule has 0 saturated carbocycles. The van der Waals surface area contributed by atoms with Crippen LogP contribution in [0.4, 0.5) is 9.18 Å². The summed E-state index contributed by atoms with van der Waals surface area (Å²) in [6.07, 6.45) is 0.930. The van der Waals surface area contributed by atoms with Gasteiger partial charge in [0.2, 0.25) is 0 Å². The lowest BCUT2D eigenvalue weighted by molar-refractivity contribution is 0.132. The van der Waals surface area contributed by atoms with E-state index < -0.39 is 0 Å². The molecule has 1 heterocycles. The molecule has 0 radical (unpaired) electrons. The van der Waals surface area contributed by atoms with Crippen molar-refractivity contribution >= 4 is 6.03 Å². The Labute approximate surface area is 125 Å². The molecule has 1 unspecified atom stereocenters. The third kappa shape index (κ3) is 4.43. The number of hydrogen-bond acceptors (Lipinski definition) is 2. The van der Waals surface area contributed by atoms with Gasteiger partial charge in [-0.3, -0.25) is 4.90 Å². The van der Waals surface area contributed by atoms with E-state index in [4.69, 9.17) is 0 Å². The van der Waals surface area contributed by atoms with E-state index in [0.717, 1.165) is 25.1 Å². The molecule has 5 heteroatoms. The van der Waals surface area contributed by atoms with E-state index in [2.05, 4.69) is 17.1 Å². The van der Waals surface area contributed by atoms with Gasteiger partial charge in [0.1, 0.15) is 5.82 Å². The molecule has 1 N–H and O–H groups in total. The molecule has 21 heavy (non-hydrogen) atoms. The molecule has 1 aliphatic rings. The predicted octanol–water partition coefficient (Wildman–Crippen LogP) is 2.45. The smallest absolute Gasteiger partial charge is 0.317 e. The summed E-state index contributed by atoms with van der Waals surface area (Å²) in [6.45, 7) is 7.61. The number of amides is 2. The van der Waals surface area contributed by atoms with Gasteiger partial charge in [-0.15, -0.1) is 0 Å². The van der Waals surface area contributed by atoms with Gasteiger partial charge in [-0.25, -0.2) is 9.18 Å². The summed E-state index contributed by atoms with van der Waals surface area (Å²) < 4.78 is 13.6. The van der Waals surface area contributed by atoms with Crippen LogP contribution in [-0.4, -0.2) is 48.1 Å². The second kappa shape index (κ2) is 7.41. The van der Waals surface area contributed by atoms with Crippen LogP contribution in [0.3, 0.4) is 0 Å². The lowest BCUT2D eigenvalue weighted by atomic mass is 10.2. The largest absolute Gasteiger partial charge is 0.336 e. The number of carbonyl (C=O) groups excluding carboxylic acids is 1. The van der Waals surface area contributed by atoms with Crippen LogP contribution in [0.25, 0.3) is 0 Å². The Morgan fingerprint density at radius 1 is 1.29 bits per heavy atom. The minimum absolute atomic E-state index is 0.00916. The number of halogens is 1. The topological polar surface area (TPSA) is 35.6 Å². The van der Waals surface area contributed by atoms with Crippen LogP contribution in [0.2, 0.25) is 0 Å². The Balaban J connectivity index is 1.81. The van der Waals surface area contributed by atoms with Gasteiger partial charge in [0.05, 0.1) is 0 Å². The molecule has 1 aliphatic heterocycles. The minimum atomic E-state index is -0.158. The predicted molar refractivity (Wildman–Crippen MR) is 81.5 cm³/mol. The Bertz CT molecular complexity index is 472. The van der Waals surface area contributed by atoms with Crippen molar-refractivity contribution in [2.45, 2.75) is 32.9 Å². The number of nitrogens with zero attached hydrogens (tertiary/aromatic N) is 2. The average Bonchev–Trinajstić information content (AvgIpc) is 2.50. The first kappa shape index (κ1) is 15.8. The van der Waals surface area contributed by atoms with E-state index in [1.807, 2.05) is 24.0 Å². The fourth-order valence-corrected chi connectivity index (χ4v) is 2.38. The standard InChI is InChI=1S/C16H24FN3O/c1-3-13(2)18-16(21)20-10-8-19(9-11-20)12-14-6-4-5-7-15(14)17/h4-7,13H,3,8-12H2,1-2H3,(H,18,21). The second-order valence-corrected chi connectivity index (χ2v) is 5.61. The highest BCUT2D eigenvalue weighted by Crippen LogP contribution is 2.12. The zero-order valence-corrected chi connectivity index (χ0v) is 12.8. The normalized spacial score (nSPS) is 17.6. The Morgan fingerprint density at radius 2 is 1.95 bits per heavy atom. The molecule has 2 amide bonds. The van der Waals surface area contributed by atoms with Crippen LogP contribution in [0.5, 0.6) is 0 Å². The molecule has 1 aromatic rings. The maximum atomic E-state index is 13.6. The number of benzene rings is 1. The van der Waals surface area contributed by atoms with Gasteiger partial charge in [0, 0.05) is 44.3 Å². The summed E-state index contributed by atoms with van der Waals surface area (Å²) in [6, 6.07) is 7.08. The zero-order chi connectivity index (χ0) is 15.2. The summed E-state index contributed by atoms with van der Waals surface area (Å²) in [5, 5.41) is 2.98. The summed E-state index contributed by atoms with van der Waals surface area (Å²) in [5.41, 5.74) is 0.718. The van der Waals surface area contributed by atoms with Gasteiger partial charge in [0.15, 0.2) is 0 Å². The van der Waals surface area contributed by atoms with E-state index in [-0.39, 0.29) is 17.9 Å². The number of piperazine rings is 1. The van der Waals surface area contributed by atoms with Crippen LogP contribution in [0, 0.1) is 5.82 Å². The summed E-state index contributed by atoms with van der Waals surface area (Å²) >= 11 is 0. The fraction of sp³-hybridized carbons (Fsp3) is 0.562.